The number of pyridine rings is 1. The lowest BCUT2D eigenvalue weighted by molar-refractivity contribution is 0.317. The van der Waals surface area contributed by atoms with Gasteiger partial charge in [-0.25, -0.2) is 17.7 Å². The molecule has 7 nitrogen and oxygen atoms in total. The first kappa shape index (κ1) is 19.8. The van der Waals surface area contributed by atoms with Crippen LogP contribution in [0.3, 0.4) is 0 Å². The Morgan fingerprint density at radius 3 is 2.48 bits per heavy atom. The largest absolute Gasteiger partial charge is 0.497 e. The fraction of sp³-hybridized carbons (Fsp3) is 0.429. The first-order valence-electron chi connectivity index (χ1n) is 9.87. The Morgan fingerprint density at radius 2 is 1.86 bits per heavy atom. The number of aryl methyl sites for hydroxylation is 1. The summed E-state index contributed by atoms with van der Waals surface area (Å²) in [6.07, 6.45) is 3.36. The molecule has 3 heterocycles. The number of sulfonamides is 1. The van der Waals surface area contributed by atoms with Gasteiger partial charge in [0.1, 0.15) is 11.3 Å². The molecular formula is C21H26N4O3S. The highest BCUT2D eigenvalue weighted by Crippen LogP contribution is 2.34. The molecule has 0 spiro atoms. The minimum atomic E-state index is -3.13. The molecule has 1 aliphatic heterocycles. The van der Waals surface area contributed by atoms with Crippen LogP contribution >= 0.6 is 0 Å². The molecule has 0 N–H and O–H groups in total. The predicted octanol–water partition coefficient (Wildman–Crippen LogP) is 3.17. The van der Waals surface area contributed by atoms with Gasteiger partial charge >= 0.3 is 0 Å². The van der Waals surface area contributed by atoms with Crippen molar-refractivity contribution in [2.24, 2.45) is 7.05 Å². The average Bonchev–Trinajstić information content (AvgIpc) is 3.14. The van der Waals surface area contributed by atoms with E-state index in [1.807, 2.05) is 35.9 Å². The molecule has 0 aliphatic carbocycles. The molecule has 0 atom stereocenters. The third kappa shape index (κ3) is 3.74. The van der Waals surface area contributed by atoms with Gasteiger partial charge in [0.15, 0.2) is 0 Å². The summed E-state index contributed by atoms with van der Waals surface area (Å²) in [6, 6.07) is 9.94. The van der Waals surface area contributed by atoms with Crippen molar-refractivity contribution in [2.75, 3.05) is 26.0 Å². The van der Waals surface area contributed by atoms with Crippen LogP contribution in [0.25, 0.3) is 22.3 Å². The molecule has 0 unspecified atom stereocenters. The highest BCUT2D eigenvalue weighted by molar-refractivity contribution is 7.89. The van der Waals surface area contributed by atoms with Gasteiger partial charge in [0.25, 0.3) is 0 Å². The number of ether oxygens (including phenoxy) is 1. The van der Waals surface area contributed by atoms with E-state index in [2.05, 4.69) is 11.1 Å². The maximum Gasteiger partial charge on any atom is 0.213 e. The number of piperidine rings is 1. The molecule has 29 heavy (non-hydrogen) atoms. The third-order valence-corrected chi connectivity index (χ3v) is 7.61. The van der Waals surface area contributed by atoms with E-state index in [0.717, 1.165) is 46.6 Å². The van der Waals surface area contributed by atoms with E-state index in [-0.39, 0.29) is 11.7 Å². The fourth-order valence-electron chi connectivity index (χ4n) is 3.92. The molecule has 0 radical (unpaired) electrons. The molecule has 154 valence electrons. The number of nitrogens with zero attached hydrogens (tertiary/aromatic N) is 4. The summed E-state index contributed by atoms with van der Waals surface area (Å²) in [5, 5.41) is 0. The summed E-state index contributed by atoms with van der Waals surface area (Å²) in [7, 11) is 0.498. The smallest absolute Gasteiger partial charge is 0.213 e. The Bertz CT molecular complexity index is 1110. The molecule has 1 aromatic carbocycles. The maximum absolute atomic E-state index is 12.2. The highest BCUT2D eigenvalue weighted by atomic mass is 32.2. The van der Waals surface area contributed by atoms with E-state index >= 15 is 0 Å². The minimum absolute atomic E-state index is 0.151. The SMILES string of the molecule is CCS(=O)(=O)N1CCC(c2cc3c(ncn3C)c(-c3ccc(OC)cc3)n2)CC1. The normalized spacial score (nSPS) is 16.4. The second kappa shape index (κ2) is 7.76. The van der Waals surface area contributed by atoms with Crippen LogP contribution < -0.4 is 4.74 Å². The van der Waals surface area contributed by atoms with Gasteiger partial charge < -0.3 is 9.30 Å². The quantitative estimate of drug-likeness (QED) is 0.641. The second-order valence-electron chi connectivity index (χ2n) is 7.42. The summed E-state index contributed by atoms with van der Waals surface area (Å²) in [5.41, 5.74) is 4.74. The van der Waals surface area contributed by atoms with Crippen LogP contribution in [0.5, 0.6) is 5.75 Å². The summed E-state index contributed by atoms with van der Waals surface area (Å²) in [5.74, 6) is 1.18. The van der Waals surface area contributed by atoms with Gasteiger partial charge in [0, 0.05) is 37.3 Å². The van der Waals surface area contributed by atoms with Crippen molar-refractivity contribution in [3.05, 3.63) is 42.4 Å². The van der Waals surface area contributed by atoms with E-state index in [1.54, 1.807) is 24.7 Å². The molecule has 4 rings (SSSR count). The number of hydrogen-bond acceptors (Lipinski definition) is 5. The fourth-order valence-corrected chi connectivity index (χ4v) is 5.05. The lowest BCUT2D eigenvalue weighted by atomic mass is 9.93. The van der Waals surface area contributed by atoms with E-state index in [9.17, 15) is 8.42 Å². The monoisotopic (exact) mass is 414 g/mol. The molecule has 1 aliphatic rings. The van der Waals surface area contributed by atoms with Gasteiger partial charge in [-0.15, -0.1) is 0 Å². The van der Waals surface area contributed by atoms with Crippen molar-refractivity contribution < 1.29 is 13.2 Å². The highest BCUT2D eigenvalue weighted by Gasteiger charge is 2.29. The van der Waals surface area contributed by atoms with Crippen LogP contribution in [0.15, 0.2) is 36.7 Å². The van der Waals surface area contributed by atoms with Gasteiger partial charge in [-0.1, -0.05) is 0 Å². The number of imidazole rings is 1. The lowest BCUT2D eigenvalue weighted by Gasteiger charge is -2.30. The van der Waals surface area contributed by atoms with Crippen LogP contribution in [-0.2, 0) is 17.1 Å². The Hall–Kier alpha value is -2.45. The van der Waals surface area contributed by atoms with Crippen molar-refractivity contribution in [2.45, 2.75) is 25.7 Å². The first-order valence-corrected chi connectivity index (χ1v) is 11.5. The predicted molar refractivity (Wildman–Crippen MR) is 114 cm³/mol. The minimum Gasteiger partial charge on any atom is -0.497 e. The molecular weight excluding hydrogens is 388 g/mol. The van der Waals surface area contributed by atoms with Gasteiger partial charge in [0.05, 0.1) is 30.4 Å². The zero-order chi connectivity index (χ0) is 20.6. The number of hydrogen-bond donors (Lipinski definition) is 0. The van der Waals surface area contributed by atoms with Gasteiger partial charge in [0.2, 0.25) is 10.0 Å². The Labute approximate surface area is 171 Å². The molecule has 3 aromatic rings. The molecule has 1 saturated heterocycles. The summed E-state index contributed by atoms with van der Waals surface area (Å²) >= 11 is 0. The van der Waals surface area contributed by atoms with Crippen LogP contribution in [0.1, 0.15) is 31.4 Å². The van der Waals surface area contributed by atoms with Crippen molar-refractivity contribution in [1.29, 1.82) is 0 Å². The second-order valence-corrected chi connectivity index (χ2v) is 9.68. The topological polar surface area (TPSA) is 77.3 Å². The zero-order valence-electron chi connectivity index (χ0n) is 17.0. The van der Waals surface area contributed by atoms with Crippen molar-refractivity contribution in [3.8, 4) is 17.0 Å². The standard InChI is InChI=1S/C21H26N4O3S/c1-4-29(26,27)25-11-9-15(10-12-25)18-13-19-21(22-14-24(19)2)20(23-18)16-5-7-17(28-3)8-6-16/h5-8,13-15H,4,9-12H2,1-3H3. The van der Waals surface area contributed by atoms with E-state index in [4.69, 9.17) is 9.72 Å². The molecule has 0 saturated carbocycles. The molecule has 0 bridgehead atoms. The number of fused-ring (bicyclic) bond motifs is 1. The van der Waals surface area contributed by atoms with Crippen LogP contribution in [-0.4, -0.2) is 53.2 Å². The van der Waals surface area contributed by atoms with Crippen LogP contribution in [0, 0.1) is 0 Å². The van der Waals surface area contributed by atoms with E-state index in [0.29, 0.717) is 13.1 Å². The van der Waals surface area contributed by atoms with Crippen LogP contribution in [0.4, 0.5) is 0 Å². The number of benzene rings is 1. The molecule has 8 heteroatoms. The summed E-state index contributed by atoms with van der Waals surface area (Å²) < 4.78 is 33.2. The number of rotatable bonds is 5. The van der Waals surface area contributed by atoms with Gasteiger partial charge in [-0.05, 0) is 50.1 Å². The van der Waals surface area contributed by atoms with E-state index in [1.165, 1.54) is 0 Å². The molecule has 1 fully saturated rings. The maximum atomic E-state index is 12.2. The molecule has 0 amide bonds. The average molecular weight is 415 g/mol. The Balaban J connectivity index is 1.70. The number of aromatic nitrogens is 3. The lowest BCUT2D eigenvalue weighted by Crippen LogP contribution is -2.38. The van der Waals surface area contributed by atoms with Gasteiger partial charge in [-0.3, -0.25) is 4.98 Å². The van der Waals surface area contributed by atoms with Crippen molar-refractivity contribution >= 4 is 21.1 Å². The Morgan fingerprint density at radius 1 is 1.17 bits per heavy atom. The van der Waals surface area contributed by atoms with Gasteiger partial charge in [-0.2, -0.15) is 0 Å². The molecule has 2 aromatic heterocycles. The summed E-state index contributed by atoms with van der Waals surface area (Å²) in [4.78, 5) is 9.55. The number of methoxy groups -OCH3 is 1. The van der Waals surface area contributed by atoms with Crippen molar-refractivity contribution in [3.63, 3.8) is 0 Å². The first-order chi connectivity index (χ1) is 13.9. The van der Waals surface area contributed by atoms with E-state index < -0.39 is 10.0 Å². The summed E-state index contributed by atoms with van der Waals surface area (Å²) in [6.45, 7) is 2.79. The van der Waals surface area contributed by atoms with Crippen molar-refractivity contribution in [1.82, 2.24) is 18.8 Å². The Kier molecular flexibility index (Phi) is 5.31. The van der Waals surface area contributed by atoms with Crippen LogP contribution in [0.2, 0.25) is 0 Å². The third-order valence-electron chi connectivity index (χ3n) is 5.73. The zero-order valence-corrected chi connectivity index (χ0v) is 17.8.